The number of aryl methyl sites for hydroxylation is 1. The maximum absolute atomic E-state index is 11.9. The van der Waals surface area contributed by atoms with Gasteiger partial charge in [0.25, 0.3) is 5.89 Å². The number of fused-ring (bicyclic) bond motifs is 1. The minimum absolute atomic E-state index is 0.0695. The number of amides is 1. The van der Waals surface area contributed by atoms with Crippen molar-refractivity contribution in [3.05, 3.63) is 48.3 Å². The number of aromatic amines is 1. The summed E-state index contributed by atoms with van der Waals surface area (Å²) in [6, 6.07) is 7.56. The normalized spacial score (nSPS) is 10.7. The molecule has 1 amide bonds. The maximum atomic E-state index is 11.9. The third kappa shape index (κ3) is 1.75. The Hall–Kier alpha value is -2.56. The summed E-state index contributed by atoms with van der Waals surface area (Å²) in [7, 11) is 0. The SMILES string of the molecule is Cc1cnc(C(=O)Nc2cccc3[nH]ccc23)o1. The fraction of sp³-hybridized carbons (Fsp3) is 0.0769. The molecule has 0 fully saturated rings. The van der Waals surface area contributed by atoms with Gasteiger partial charge in [0.15, 0.2) is 0 Å². The highest BCUT2D eigenvalue weighted by molar-refractivity contribution is 6.06. The van der Waals surface area contributed by atoms with Gasteiger partial charge in [-0.05, 0) is 25.1 Å². The topological polar surface area (TPSA) is 70.9 Å². The van der Waals surface area contributed by atoms with Gasteiger partial charge in [-0.3, -0.25) is 4.79 Å². The van der Waals surface area contributed by atoms with Crippen LogP contribution in [0, 0.1) is 6.92 Å². The van der Waals surface area contributed by atoms with E-state index in [0.717, 1.165) is 16.6 Å². The van der Waals surface area contributed by atoms with Crippen LogP contribution in [0.25, 0.3) is 10.9 Å². The van der Waals surface area contributed by atoms with Crippen molar-refractivity contribution in [2.24, 2.45) is 0 Å². The van der Waals surface area contributed by atoms with Gasteiger partial charge in [-0.25, -0.2) is 4.98 Å². The molecule has 2 N–H and O–H groups in total. The number of nitrogens with zero attached hydrogens (tertiary/aromatic N) is 1. The largest absolute Gasteiger partial charge is 0.438 e. The van der Waals surface area contributed by atoms with E-state index in [1.165, 1.54) is 6.20 Å². The lowest BCUT2D eigenvalue weighted by molar-refractivity contribution is 0.0989. The van der Waals surface area contributed by atoms with E-state index >= 15 is 0 Å². The van der Waals surface area contributed by atoms with E-state index in [-0.39, 0.29) is 11.8 Å². The monoisotopic (exact) mass is 241 g/mol. The van der Waals surface area contributed by atoms with E-state index in [1.54, 1.807) is 6.92 Å². The molecule has 0 aliphatic heterocycles. The first-order valence-corrected chi connectivity index (χ1v) is 5.54. The number of hydrogen-bond acceptors (Lipinski definition) is 3. The Balaban J connectivity index is 1.92. The number of hydrogen-bond donors (Lipinski definition) is 2. The Labute approximate surface area is 103 Å². The number of nitrogens with one attached hydrogen (secondary N) is 2. The zero-order valence-electron chi connectivity index (χ0n) is 9.73. The van der Waals surface area contributed by atoms with Crippen LogP contribution in [0.15, 0.2) is 41.1 Å². The highest BCUT2D eigenvalue weighted by atomic mass is 16.4. The fourth-order valence-electron chi connectivity index (χ4n) is 1.83. The summed E-state index contributed by atoms with van der Waals surface area (Å²) in [4.78, 5) is 18.9. The molecule has 0 spiro atoms. The van der Waals surface area contributed by atoms with E-state index in [2.05, 4.69) is 15.3 Å². The van der Waals surface area contributed by atoms with Crippen LogP contribution in [0.2, 0.25) is 0 Å². The van der Waals surface area contributed by atoms with Gasteiger partial charge < -0.3 is 14.7 Å². The molecule has 3 aromatic rings. The summed E-state index contributed by atoms with van der Waals surface area (Å²) in [6.07, 6.45) is 3.35. The smallest absolute Gasteiger partial charge is 0.311 e. The molecule has 0 radical (unpaired) electrons. The molecule has 0 saturated heterocycles. The van der Waals surface area contributed by atoms with Gasteiger partial charge in [-0.1, -0.05) is 6.07 Å². The Morgan fingerprint density at radius 2 is 2.28 bits per heavy atom. The van der Waals surface area contributed by atoms with Gasteiger partial charge in [-0.15, -0.1) is 0 Å². The summed E-state index contributed by atoms with van der Waals surface area (Å²) >= 11 is 0. The van der Waals surface area contributed by atoms with Crippen LogP contribution in [0.5, 0.6) is 0 Å². The van der Waals surface area contributed by atoms with Crippen LogP contribution in [0.4, 0.5) is 5.69 Å². The molecule has 0 aliphatic rings. The van der Waals surface area contributed by atoms with Crippen LogP contribution < -0.4 is 5.32 Å². The summed E-state index contributed by atoms with van der Waals surface area (Å²) in [5.74, 6) is 0.330. The number of carbonyl (C=O) groups excluding carboxylic acids is 1. The molecule has 3 rings (SSSR count). The molecule has 90 valence electrons. The lowest BCUT2D eigenvalue weighted by Gasteiger charge is -2.03. The third-order valence-corrected chi connectivity index (χ3v) is 2.66. The van der Waals surface area contributed by atoms with Gasteiger partial charge >= 0.3 is 5.91 Å². The Kier molecular flexibility index (Phi) is 2.37. The maximum Gasteiger partial charge on any atom is 0.311 e. The summed E-state index contributed by atoms with van der Waals surface area (Å²) < 4.78 is 5.18. The number of benzene rings is 1. The van der Waals surface area contributed by atoms with E-state index in [0.29, 0.717) is 5.76 Å². The van der Waals surface area contributed by atoms with Gasteiger partial charge in [0, 0.05) is 17.1 Å². The van der Waals surface area contributed by atoms with Gasteiger partial charge in [0.05, 0.1) is 11.9 Å². The van der Waals surface area contributed by atoms with Crippen molar-refractivity contribution in [3.63, 3.8) is 0 Å². The molecule has 0 unspecified atom stereocenters. The highest BCUT2D eigenvalue weighted by Gasteiger charge is 2.13. The molecule has 0 aliphatic carbocycles. The minimum atomic E-state index is -0.350. The average Bonchev–Trinajstić information content (AvgIpc) is 2.97. The molecule has 0 saturated carbocycles. The van der Waals surface area contributed by atoms with Crippen LogP contribution in [0.1, 0.15) is 16.4 Å². The van der Waals surface area contributed by atoms with Crippen molar-refractivity contribution in [3.8, 4) is 0 Å². The van der Waals surface area contributed by atoms with Crippen molar-refractivity contribution in [2.45, 2.75) is 6.92 Å². The number of aromatic nitrogens is 2. The molecule has 5 heteroatoms. The van der Waals surface area contributed by atoms with Crippen LogP contribution in [0.3, 0.4) is 0 Å². The first kappa shape index (κ1) is 10.6. The lowest BCUT2D eigenvalue weighted by Crippen LogP contribution is -2.12. The molecular formula is C13H11N3O2. The Bertz CT molecular complexity index is 712. The van der Waals surface area contributed by atoms with E-state index in [9.17, 15) is 4.79 Å². The number of anilines is 1. The molecule has 1 aromatic carbocycles. The van der Waals surface area contributed by atoms with Gasteiger partial charge in [0.1, 0.15) is 5.76 Å². The predicted molar refractivity (Wildman–Crippen MR) is 67.5 cm³/mol. The van der Waals surface area contributed by atoms with E-state index in [4.69, 9.17) is 4.42 Å². The molecule has 2 aromatic heterocycles. The highest BCUT2D eigenvalue weighted by Crippen LogP contribution is 2.22. The summed E-state index contributed by atoms with van der Waals surface area (Å²) in [6.45, 7) is 1.75. The van der Waals surface area contributed by atoms with Gasteiger partial charge in [0.2, 0.25) is 0 Å². The standard InChI is InChI=1S/C13H11N3O2/c1-8-7-15-13(18-8)12(17)16-11-4-2-3-10-9(11)5-6-14-10/h2-7,14H,1H3,(H,16,17). The van der Waals surface area contributed by atoms with Crippen molar-refractivity contribution in [2.75, 3.05) is 5.32 Å². The van der Waals surface area contributed by atoms with Crippen LogP contribution >= 0.6 is 0 Å². The van der Waals surface area contributed by atoms with Crippen molar-refractivity contribution in [1.82, 2.24) is 9.97 Å². The second-order valence-electron chi connectivity index (χ2n) is 3.97. The Morgan fingerprint density at radius 3 is 3.06 bits per heavy atom. The van der Waals surface area contributed by atoms with Crippen molar-refractivity contribution in [1.29, 1.82) is 0 Å². The molecular weight excluding hydrogens is 230 g/mol. The van der Waals surface area contributed by atoms with Crippen molar-refractivity contribution < 1.29 is 9.21 Å². The number of rotatable bonds is 2. The van der Waals surface area contributed by atoms with Crippen LogP contribution in [-0.2, 0) is 0 Å². The van der Waals surface area contributed by atoms with Crippen molar-refractivity contribution >= 4 is 22.5 Å². The first-order chi connectivity index (χ1) is 8.74. The number of H-pyrrole nitrogens is 1. The molecule has 5 nitrogen and oxygen atoms in total. The second-order valence-corrected chi connectivity index (χ2v) is 3.97. The lowest BCUT2D eigenvalue weighted by atomic mass is 10.2. The molecule has 2 heterocycles. The zero-order chi connectivity index (χ0) is 12.5. The van der Waals surface area contributed by atoms with Gasteiger partial charge in [-0.2, -0.15) is 0 Å². The Morgan fingerprint density at radius 1 is 1.39 bits per heavy atom. The van der Waals surface area contributed by atoms with E-state index < -0.39 is 0 Å². The number of carbonyl (C=O) groups is 1. The van der Waals surface area contributed by atoms with Crippen LogP contribution in [-0.4, -0.2) is 15.9 Å². The summed E-state index contributed by atoms with van der Waals surface area (Å²) in [5, 5.41) is 3.74. The molecule has 18 heavy (non-hydrogen) atoms. The fourth-order valence-corrected chi connectivity index (χ4v) is 1.83. The molecule has 0 atom stereocenters. The number of oxazole rings is 1. The minimum Gasteiger partial charge on any atom is -0.438 e. The second kappa shape index (κ2) is 4.03. The first-order valence-electron chi connectivity index (χ1n) is 5.54. The summed E-state index contributed by atoms with van der Waals surface area (Å²) in [5.41, 5.74) is 1.70. The molecule has 0 bridgehead atoms. The quantitative estimate of drug-likeness (QED) is 0.724. The third-order valence-electron chi connectivity index (χ3n) is 2.66. The predicted octanol–water partition coefficient (Wildman–Crippen LogP) is 2.72. The van der Waals surface area contributed by atoms with E-state index in [1.807, 2.05) is 30.5 Å². The zero-order valence-corrected chi connectivity index (χ0v) is 9.73. The average molecular weight is 241 g/mol.